The molecule has 1 aromatic rings. The van der Waals surface area contributed by atoms with Crippen molar-refractivity contribution in [3.05, 3.63) is 34.1 Å². The number of aliphatic hydroxyl groups excluding tert-OH is 1. The fourth-order valence-electron chi connectivity index (χ4n) is 2.66. The van der Waals surface area contributed by atoms with Crippen molar-refractivity contribution in [1.82, 2.24) is 0 Å². The van der Waals surface area contributed by atoms with Crippen LogP contribution in [0.3, 0.4) is 0 Å². The van der Waals surface area contributed by atoms with Crippen LogP contribution in [0.5, 0.6) is 0 Å². The van der Waals surface area contributed by atoms with Gasteiger partial charge in [-0.2, -0.15) is 0 Å². The number of halogens is 1. The maximum atomic E-state index is 13.3. The average molecular weight is 268 g/mol. The number of hydrogen-bond acceptors (Lipinski definition) is 4. The standard InChI is InChI=1S/C13H17FN2O3/c1-15(11-4-2-3-5-13(11)17)12-8-9(14)6-7-10(12)16(18)19/h6-8,11,13,17H,2-5H2,1H3. The first-order chi connectivity index (χ1) is 9.00. The second kappa shape index (κ2) is 5.52. The van der Waals surface area contributed by atoms with Crippen molar-refractivity contribution in [3.8, 4) is 0 Å². The second-order valence-electron chi connectivity index (χ2n) is 4.92. The molecule has 19 heavy (non-hydrogen) atoms. The molecule has 1 aliphatic carbocycles. The molecule has 1 fully saturated rings. The van der Waals surface area contributed by atoms with Gasteiger partial charge >= 0.3 is 0 Å². The minimum absolute atomic E-state index is 0.137. The minimum atomic E-state index is -0.527. The SMILES string of the molecule is CN(c1cc(F)ccc1[N+](=O)[O-])C1CCCCC1O. The van der Waals surface area contributed by atoms with Crippen LogP contribution in [0.1, 0.15) is 25.7 Å². The Morgan fingerprint density at radius 1 is 1.42 bits per heavy atom. The van der Waals surface area contributed by atoms with E-state index in [1.165, 1.54) is 0 Å². The van der Waals surface area contributed by atoms with Crippen molar-refractivity contribution >= 4 is 11.4 Å². The molecule has 0 heterocycles. The van der Waals surface area contributed by atoms with Gasteiger partial charge in [-0.25, -0.2) is 4.39 Å². The van der Waals surface area contributed by atoms with Gasteiger partial charge in [0.25, 0.3) is 5.69 Å². The summed E-state index contributed by atoms with van der Waals surface area (Å²) in [4.78, 5) is 12.1. The van der Waals surface area contributed by atoms with Crippen LogP contribution in [0, 0.1) is 15.9 Å². The van der Waals surface area contributed by atoms with E-state index in [2.05, 4.69) is 0 Å². The summed E-state index contributed by atoms with van der Waals surface area (Å²) < 4.78 is 13.3. The van der Waals surface area contributed by atoms with Gasteiger partial charge in [0, 0.05) is 19.2 Å². The molecule has 1 N–H and O–H groups in total. The molecule has 0 radical (unpaired) electrons. The molecule has 1 saturated carbocycles. The highest BCUT2D eigenvalue weighted by molar-refractivity contribution is 5.63. The number of aliphatic hydroxyl groups is 1. The fraction of sp³-hybridized carbons (Fsp3) is 0.538. The van der Waals surface area contributed by atoms with Crippen LogP contribution in [0.25, 0.3) is 0 Å². The molecule has 0 spiro atoms. The molecule has 0 saturated heterocycles. The predicted octanol–water partition coefficient (Wildman–Crippen LogP) is 2.47. The zero-order chi connectivity index (χ0) is 14.0. The van der Waals surface area contributed by atoms with Crippen LogP contribution in [-0.4, -0.2) is 29.2 Å². The van der Waals surface area contributed by atoms with E-state index in [0.717, 1.165) is 37.5 Å². The number of anilines is 1. The van der Waals surface area contributed by atoms with E-state index in [1.807, 2.05) is 0 Å². The van der Waals surface area contributed by atoms with Gasteiger partial charge in [-0.3, -0.25) is 10.1 Å². The smallest absolute Gasteiger partial charge is 0.292 e. The molecule has 0 aromatic heterocycles. The van der Waals surface area contributed by atoms with Crippen LogP contribution in [0.15, 0.2) is 18.2 Å². The fourth-order valence-corrected chi connectivity index (χ4v) is 2.66. The predicted molar refractivity (Wildman–Crippen MR) is 69.7 cm³/mol. The highest BCUT2D eigenvalue weighted by Gasteiger charge is 2.30. The molecule has 6 heteroatoms. The quantitative estimate of drug-likeness (QED) is 0.675. The van der Waals surface area contributed by atoms with E-state index in [9.17, 15) is 19.6 Å². The summed E-state index contributed by atoms with van der Waals surface area (Å²) in [5.74, 6) is -0.516. The molecular weight excluding hydrogens is 251 g/mol. The molecule has 1 aromatic carbocycles. The summed E-state index contributed by atoms with van der Waals surface area (Å²) in [6.07, 6.45) is 2.83. The number of rotatable bonds is 3. The van der Waals surface area contributed by atoms with Crippen LogP contribution >= 0.6 is 0 Å². The Hall–Kier alpha value is -1.69. The van der Waals surface area contributed by atoms with Crippen LogP contribution < -0.4 is 4.90 Å². The molecule has 0 amide bonds. The summed E-state index contributed by atoms with van der Waals surface area (Å²) in [6, 6.07) is 3.19. The lowest BCUT2D eigenvalue weighted by Crippen LogP contribution is -2.43. The maximum Gasteiger partial charge on any atom is 0.292 e. The Morgan fingerprint density at radius 3 is 2.74 bits per heavy atom. The Labute approximate surface area is 110 Å². The number of benzene rings is 1. The van der Waals surface area contributed by atoms with Crippen molar-refractivity contribution in [2.24, 2.45) is 0 Å². The molecule has 0 bridgehead atoms. The number of nitrogens with zero attached hydrogens (tertiary/aromatic N) is 2. The summed E-state index contributed by atoms with van der Waals surface area (Å²) in [6.45, 7) is 0. The molecule has 1 aliphatic rings. The van der Waals surface area contributed by atoms with Crippen molar-refractivity contribution in [1.29, 1.82) is 0 Å². The molecular formula is C13H17FN2O3. The van der Waals surface area contributed by atoms with Gasteiger partial charge in [0.2, 0.25) is 0 Å². The number of nitro benzene ring substituents is 1. The highest BCUT2D eigenvalue weighted by atomic mass is 19.1. The van der Waals surface area contributed by atoms with Crippen LogP contribution in [0.2, 0.25) is 0 Å². The number of likely N-dealkylation sites (N-methyl/N-ethyl adjacent to an activating group) is 1. The van der Waals surface area contributed by atoms with Crippen molar-refractivity contribution in [3.63, 3.8) is 0 Å². The first-order valence-electron chi connectivity index (χ1n) is 6.35. The molecule has 2 atom stereocenters. The molecule has 0 aliphatic heterocycles. The number of hydrogen-bond donors (Lipinski definition) is 1. The van der Waals surface area contributed by atoms with Crippen LogP contribution in [-0.2, 0) is 0 Å². The Kier molecular flexibility index (Phi) is 3.99. The van der Waals surface area contributed by atoms with E-state index in [0.29, 0.717) is 6.42 Å². The van der Waals surface area contributed by atoms with Gasteiger partial charge in [-0.15, -0.1) is 0 Å². The van der Waals surface area contributed by atoms with Crippen LogP contribution in [0.4, 0.5) is 15.8 Å². The van der Waals surface area contributed by atoms with Crippen molar-refractivity contribution < 1.29 is 14.4 Å². The van der Waals surface area contributed by atoms with E-state index in [4.69, 9.17) is 0 Å². The van der Waals surface area contributed by atoms with E-state index >= 15 is 0 Å². The first-order valence-corrected chi connectivity index (χ1v) is 6.35. The summed E-state index contributed by atoms with van der Waals surface area (Å²) >= 11 is 0. The van der Waals surface area contributed by atoms with Crippen molar-refractivity contribution in [2.75, 3.05) is 11.9 Å². The zero-order valence-electron chi connectivity index (χ0n) is 10.8. The van der Waals surface area contributed by atoms with Crippen molar-refractivity contribution in [2.45, 2.75) is 37.8 Å². The largest absolute Gasteiger partial charge is 0.391 e. The molecule has 5 nitrogen and oxygen atoms in total. The van der Waals surface area contributed by atoms with Gasteiger partial charge in [-0.1, -0.05) is 12.8 Å². The highest BCUT2D eigenvalue weighted by Crippen LogP contribution is 2.33. The average Bonchev–Trinajstić information content (AvgIpc) is 2.38. The van der Waals surface area contributed by atoms with Gasteiger partial charge in [0.05, 0.1) is 17.1 Å². The monoisotopic (exact) mass is 268 g/mol. The summed E-state index contributed by atoms with van der Waals surface area (Å²) in [5.41, 5.74) is 0.0811. The topological polar surface area (TPSA) is 66.6 Å². The third kappa shape index (κ3) is 2.84. The number of nitro groups is 1. The van der Waals surface area contributed by atoms with Gasteiger partial charge < -0.3 is 10.0 Å². The van der Waals surface area contributed by atoms with E-state index < -0.39 is 16.8 Å². The third-order valence-corrected chi connectivity index (χ3v) is 3.71. The molecule has 2 unspecified atom stereocenters. The maximum absolute atomic E-state index is 13.3. The zero-order valence-corrected chi connectivity index (χ0v) is 10.8. The van der Waals surface area contributed by atoms with E-state index in [1.54, 1.807) is 11.9 Å². The minimum Gasteiger partial charge on any atom is -0.391 e. The normalized spacial score (nSPS) is 23.1. The van der Waals surface area contributed by atoms with Gasteiger partial charge in [0.15, 0.2) is 0 Å². The lowest BCUT2D eigenvalue weighted by atomic mass is 9.91. The Morgan fingerprint density at radius 2 is 2.11 bits per heavy atom. The summed E-state index contributed by atoms with van der Waals surface area (Å²) in [5, 5.41) is 21.0. The lowest BCUT2D eigenvalue weighted by Gasteiger charge is -2.36. The van der Waals surface area contributed by atoms with E-state index in [-0.39, 0.29) is 17.4 Å². The third-order valence-electron chi connectivity index (χ3n) is 3.71. The molecule has 104 valence electrons. The molecule has 2 rings (SSSR count). The summed E-state index contributed by atoms with van der Waals surface area (Å²) in [7, 11) is 1.67. The first kappa shape index (κ1) is 13.7. The lowest BCUT2D eigenvalue weighted by molar-refractivity contribution is -0.384. The van der Waals surface area contributed by atoms with Gasteiger partial charge in [0.1, 0.15) is 11.5 Å². The Balaban J connectivity index is 2.34. The van der Waals surface area contributed by atoms with Gasteiger partial charge in [-0.05, 0) is 18.9 Å². The second-order valence-corrected chi connectivity index (χ2v) is 4.92. The Bertz CT molecular complexity index is 481.